The SMILES string of the molecule is CCCCCc1nc(CBr)cn1C(=O)OC(C)(C)C. The first-order chi connectivity index (χ1) is 8.87. The molecule has 0 aliphatic rings. The van der Waals surface area contributed by atoms with Gasteiger partial charge in [0, 0.05) is 17.9 Å². The minimum atomic E-state index is -0.489. The average Bonchev–Trinajstić information content (AvgIpc) is 2.71. The van der Waals surface area contributed by atoms with Crippen LogP contribution in [0.4, 0.5) is 4.79 Å². The molecular formula is C14H23BrN2O2. The summed E-state index contributed by atoms with van der Waals surface area (Å²) in [7, 11) is 0. The lowest BCUT2D eigenvalue weighted by Crippen LogP contribution is -2.27. The average molecular weight is 331 g/mol. The number of aromatic nitrogens is 2. The van der Waals surface area contributed by atoms with Crippen LogP contribution in [0.2, 0.25) is 0 Å². The van der Waals surface area contributed by atoms with E-state index in [2.05, 4.69) is 27.8 Å². The van der Waals surface area contributed by atoms with Crippen LogP contribution in [0.5, 0.6) is 0 Å². The molecule has 1 rings (SSSR count). The number of carbonyl (C=O) groups is 1. The molecule has 0 bridgehead atoms. The van der Waals surface area contributed by atoms with Gasteiger partial charge in [-0.05, 0) is 27.2 Å². The van der Waals surface area contributed by atoms with Crippen molar-refractivity contribution in [2.45, 2.75) is 64.3 Å². The van der Waals surface area contributed by atoms with Crippen molar-refractivity contribution in [1.29, 1.82) is 0 Å². The van der Waals surface area contributed by atoms with Crippen molar-refractivity contribution < 1.29 is 9.53 Å². The molecule has 108 valence electrons. The first-order valence-electron chi connectivity index (χ1n) is 6.74. The van der Waals surface area contributed by atoms with Crippen LogP contribution in [-0.2, 0) is 16.5 Å². The predicted octanol–water partition coefficient (Wildman–Crippen LogP) is 4.29. The Labute approximate surface area is 123 Å². The highest BCUT2D eigenvalue weighted by Crippen LogP contribution is 2.14. The molecule has 0 unspecified atom stereocenters. The number of ether oxygens (including phenoxy) is 1. The molecule has 1 aromatic rings. The Morgan fingerprint density at radius 3 is 2.63 bits per heavy atom. The molecule has 0 aliphatic carbocycles. The smallest absolute Gasteiger partial charge is 0.419 e. The topological polar surface area (TPSA) is 44.1 Å². The van der Waals surface area contributed by atoms with Gasteiger partial charge >= 0.3 is 6.09 Å². The van der Waals surface area contributed by atoms with Gasteiger partial charge in [0.1, 0.15) is 11.4 Å². The number of hydrogen-bond donors (Lipinski definition) is 0. The summed E-state index contributed by atoms with van der Waals surface area (Å²) < 4.78 is 6.94. The lowest BCUT2D eigenvalue weighted by Gasteiger charge is -2.20. The number of nitrogens with zero attached hydrogens (tertiary/aromatic N) is 2. The Morgan fingerprint density at radius 1 is 1.42 bits per heavy atom. The second-order valence-electron chi connectivity index (χ2n) is 5.59. The van der Waals surface area contributed by atoms with E-state index in [1.807, 2.05) is 20.8 Å². The Balaban J connectivity index is 2.84. The fourth-order valence-corrected chi connectivity index (χ4v) is 1.99. The zero-order valence-electron chi connectivity index (χ0n) is 12.2. The van der Waals surface area contributed by atoms with Crippen LogP contribution in [0.15, 0.2) is 6.20 Å². The summed E-state index contributed by atoms with van der Waals surface area (Å²) >= 11 is 3.37. The largest absolute Gasteiger partial charge is 0.443 e. The van der Waals surface area contributed by atoms with Gasteiger partial charge in [-0.25, -0.2) is 14.3 Å². The number of unbranched alkanes of at least 4 members (excludes halogenated alkanes) is 2. The molecule has 0 saturated carbocycles. The van der Waals surface area contributed by atoms with Gasteiger partial charge in [0.25, 0.3) is 0 Å². The molecular weight excluding hydrogens is 308 g/mol. The number of imidazole rings is 1. The van der Waals surface area contributed by atoms with Crippen molar-refractivity contribution in [2.24, 2.45) is 0 Å². The maximum Gasteiger partial charge on any atom is 0.419 e. The second kappa shape index (κ2) is 7.08. The molecule has 0 aliphatic heterocycles. The summed E-state index contributed by atoms with van der Waals surface area (Å²) in [4.78, 5) is 16.6. The number of aryl methyl sites for hydroxylation is 1. The molecule has 19 heavy (non-hydrogen) atoms. The number of hydrogen-bond acceptors (Lipinski definition) is 3. The predicted molar refractivity (Wildman–Crippen MR) is 79.7 cm³/mol. The van der Waals surface area contributed by atoms with E-state index in [1.54, 1.807) is 6.20 Å². The summed E-state index contributed by atoms with van der Waals surface area (Å²) in [6.45, 7) is 7.75. The monoisotopic (exact) mass is 330 g/mol. The lowest BCUT2D eigenvalue weighted by atomic mass is 10.2. The third-order valence-corrected chi connectivity index (χ3v) is 3.13. The van der Waals surface area contributed by atoms with E-state index in [-0.39, 0.29) is 6.09 Å². The van der Waals surface area contributed by atoms with E-state index in [0.717, 1.165) is 37.2 Å². The highest BCUT2D eigenvalue weighted by atomic mass is 79.9. The van der Waals surface area contributed by atoms with Crippen LogP contribution in [0.1, 0.15) is 58.5 Å². The standard InChI is InChI=1S/C14H23BrN2O2/c1-5-6-7-8-12-16-11(9-15)10-17(12)13(18)19-14(2,3)4/h10H,5-9H2,1-4H3. The maximum atomic E-state index is 12.1. The Bertz CT molecular complexity index is 422. The van der Waals surface area contributed by atoms with Gasteiger partial charge in [0.15, 0.2) is 0 Å². The van der Waals surface area contributed by atoms with Crippen molar-refractivity contribution in [2.75, 3.05) is 0 Å². The van der Waals surface area contributed by atoms with Crippen LogP contribution >= 0.6 is 15.9 Å². The molecule has 0 aromatic carbocycles. The molecule has 0 radical (unpaired) electrons. The van der Waals surface area contributed by atoms with E-state index in [9.17, 15) is 4.79 Å². The minimum absolute atomic E-state index is 0.348. The lowest BCUT2D eigenvalue weighted by molar-refractivity contribution is 0.0531. The van der Waals surface area contributed by atoms with Gasteiger partial charge in [-0.15, -0.1) is 0 Å². The zero-order valence-corrected chi connectivity index (χ0v) is 13.8. The van der Waals surface area contributed by atoms with Gasteiger partial charge in [-0.1, -0.05) is 35.7 Å². The first kappa shape index (κ1) is 16.2. The van der Waals surface area contributed by atoms with E-state index in [4.69, 9.17) is 4.74 Å². The highest BCUT2D eigenvalue weighted by molar-refractivity contribution is 9.08. The van der Waals surface area contributed by atoms with E-state index in [1.165, 1.54) is 4.57 Å². The third kappa shape index (κ3) is 5.35. The third-order valence-electron chi connectivity index (χ3n) is 2.56. The molecule has 5 heteroatoms. The van der Waals surface area contributed by atoms with Crippen LogP contribution < -0.4 is 0 Å². The minimum Gasteiger partial charge on any atom is -0.443 e. The van der Waals surface area contributed by atoms with Gasteiger partial charge in [0.05, 0.1) is 5.69 Å². The highest BCUT2D eigenvalue weighted by Gasteiger charge is 2.20. The normalized spacial score (nSPS) is 11.6. The van der Waals surface area contributed by atoms with Crippen molar-refractivity contribution in [3.05, 3.63) is 17.7 Å². The van der Waals surface area contributed by atoms with Crippen LogP contribution in [0.3, 0.4) is 0 Å². The van der Waals surface area contributed by atoms with Crippen molar-refractivity contribution >= 4 is 22.0 Å². The van der Waals surface area contributed by atoms with E-state index < -0.39 is 5.60 Å². The quantitative estimate of drug-likeness (QED) is 0.597. The number of halogens is 1. The van der Waals surface area contributed by atoms with Gasteiger partial charge in [0.2, 0.25) is 0 Å². The van der Waals surface area contributed by atoms with Crippen LogP contribution in [-0.4, -0.2) is 21.2 Å². The molecule has 0 amide bonds. The van der Waals surface area contributed by atoms with E-state index in [0.29, 0.717) is 5.33 Å². The summed E-state index contributed by atoms with van der Waals surface area (Å²) in [5.74, 6) is 0.789. The Kier molecular flexibility index (Phi) is 6.04. The number of alkyl halides is 1. The molecule has 1 heterocycles. The van der Waals surface area contributed by atoms with Crippen molar-refractivity contribution in [1.82, 2.24) is 9.55 Å². The Hall–Kier alpha value is -0.840. The Morgan fingerprint density at radius 2 is 2.11 bits per heavy atom. The fraction of sp³-hybridized carbons (Fsp3) is 0.714. The molecule has 0 atom stereocenters. The van der Waals surface area contributed by atoms with Crippen molar-refractivity contribution in [3.63, 3.8) is 0 Å². The van der Waals surface area contributed by atoms with Gasteiger partial charge in [-0.3, -0.25) is 0 Å². The number of rotatable bonds is 5. The maximum absolute atomic E-state index is 12.1. The second-order valence-corrected chi connectivity index (χ2v) is 6.15. The first-order valence-corrected chi connectivity index (χ1v) is 7.86. The van der Waals surface area contributed by atoms with Crippen LogP contribution in [0, 0.1) is 0 Å². The van der Waals surface area contributed by atoms with Crippen LogP contribution in [0.25, 0.3) is 0 Å². The zero-order chi connectivity index (χ0) is 14.5. The summed E-state index contributed by atoms with van der Waals surface area (Å²) in [6.07, 6.45) is 5.55. The molecule has 0 saturated heterocycles. The molecule has 0 spiro atoms. The number of carbonyl (C=O) groups excluding carboxylic acids is 1. The molecule has 4 nitrogen and oxygen atoms in total. The molecule has 0 N–H and O–H groups in total. The summed E-state index contributed by atoms with van der Waals surface area (Å²) in [5.41, 5.74) is 0.369. The van der Waals surface area contributed by atoms with Gasteiger partial charge < -0.3 is 4.74 Å². The summed E-state index contributed by atoms with van der Waals surface area (Å²) in [5, 5.41) is 0.642. The molecule has 0 fully saturated rings. The summed E-state index contributed by atoms with van der Waals surface area (Å²) in [6, 6.07) is 0. The molecule has 1 aromatic heterocycles. The fourth-order valence-electron chi connectivity index (χ4n) is 1.72. The van der Waals surface area contributed by atoms with E-state index >= 15 is 0 Å². The van der Waals surface area contributed by atoms with Gasteiger partial charge in [-0.2, -0.15) is 0 Å². The van der Waals surface area contributed by atoms with Crippen molar-refractivity contribution in [3.8, 4) is 0 Å².